The molecule has 3 nitrogen and oxygen atoms in total. The second-order valence-electron chi connectivity index (χ2n) is 3.58. The van der Waals surface area contributed by atoms with Gasteiger partial charge in [-0.25, -0.2) is 0 Å². The summed E-state index contributed by atoms with van der Waals surface area (Å²) in [6.45, 7) is 0. The first-order valence-corrected chi connectivity index (χ1v) is 4.84. The van der Waals surface area contributed by atoms with Crippen LogP contribution in [0, 0.1) is 0 Å². The highest BCUT2D eigenvalue weighted by Crippen LogP contribution is 2.19. The third-order valence-electron chi connectivity index (χ3n) is 2.51. The van der Waals surface area contributed by atoms with E-state index in [1.54, 1.807) is 13.2 Å². The van der Waals surface area contributed by atoms with Crippen molar-refractivity contribution in [3.8, 4) is 0 Å². The van der Waals surface area contributed by atoms with Crippen LogP contribution in [0.1, 0.15) is 5.56 Å². The van der Waals surface area contributed by atoms with E-state index in [4.69, 9.17) is 4.74 Å². The molecule has 1 atom stereocenters. The van der Waals surface area contributed by atoms with E-state index in [-0.39, 0.29) is 5.91 Å². The Balaban J connectivity index is 2.17. The van der Waals surface area contributed by atoms with Crippen molar-refractivity contribution in [3.63, 3.8) is 0 Å². The first kappa shape index (κ1) is 9.93. The van der Waals surface area contributed by atoms with Gasteiger partial charge in [-0.1, -0.05) is 30.3 Å². The van der Waals surface area contributed by atoms with E-state index >= 15 is 0 Å². The van der Waals surface area contributed by atoms with E-state index in [1.165, 1.54) is 6.08 Å². The summed E-state index contributed by atoms with van der Waals surface area (Å²) in [5, 5.41) is 2.79. The van der Waals surface area contributed by atoms with Crippen molar-refractivity contribution in [2.45, 2.75) is 12.1 Å². The maximum Gasteiger partial charge on any atom is 0.246 e. The molecule has 0 bridgehead atoms. The topological polar surface area (TPSA) is 38.3 Å². The van der Waals surface area contributed by atoms with Crippen LogP contribution in [0.5, 0.6) is 0 Å². The number of methoxy groups -OCH3 is 1. The highest BCUT2D eigenvalue weighted by Gasteiger charge is 2.32. The monoisotopic (exact) mass is 203 g/mol. The van der Waals surface area contributed by atoms with Gasteiger partial charge in [0.15, 0.2) is 5.72 Å². The van der Waals surface area contributed by atoms with E-state index in [1.807, 2.05) is 30.3 Å². The highest BCUT2D eigenvalue weighted by atomic mass is 16.5. The number of hydrogen-bond donors (Lipinski definition) is 1. The van der Waals surface area contributed by atoms with Gasteiger partial charge in [-0.2, -0.15) is 0 Å². The molecule has 0 fully saturated rings. The van der Waals surface area contributed by atoms with Crippen LogP contribution >= 0.6 is 0 Å². The molecule has 1 amide bonds. The molecular formula is C12H13NO2. The Hall–Kier alpha value is -1.61. The van der Waals surface area contributed by atoms with Gasteiger partial charge in [0.05, 0.1) is 0 Å². The third-order valence-corrected chi connectivity index (χ3v) is 2.51. The van der Waals surface area contributed by atoms with Gasteiger partial charge < -0.3 is 10.1 Å². The molecule has 1 aromatic carbocycles. The quantitative estimate of drug-likeness (QED) is 0.803. The zero-order valence-electron chi connectivity index (χ0n) is 8.57. The van der Waals surface area contributed by atoms with Crippen LogP contribution < -0.4 is 5.32 Å². The highest BCUT2D eigenvalue weighted by molar-refractivity contribution is 5.91. The number of amides is 1. The largest absolute Gasteiger partial charge is 0.355 e. The van der Waals surface area contributed by atoms with Crippen molar-refractivity contribution in [1.82, 2.24) is 5.32 Å². The minimum absolute atomic E-state index is 0.104. The predicted molar refractivity (Wildman–Crippen MR) is 57.2 cm³/mol. The van der Waals surface area contributed by atoms with Crippen molar-refractivity contribution in [2.75, 3.05) is 7.11 Å². The summed E-state index contributed by atoms with van der Waals surface area (Å²) in [7, 11) is 1.60. The SMILES string of the molecule is COC1(Cc2ccccc2)C=CC(=O)N1. The van der Waals surface area contributed by atoms with Crippen LogP contribution in [0.4, 0.5) is 0 Å². The Morgan fingerprint density at radius 1 is 1.33 bits per heavy atom. The molecule has 3 heteroatoms. The van der Waals surface area contributed by atoms with Crippen molar-refractivity contribution in [1.29, 1.82) is 0 Å². The summed E-state index contributed by atoms with van der Waals surface area (Å²) in [5.74, 6) is -0.104. The summed E-state index contributed by atoms with van der Waals surface area (Å²) >= 11 is 0. The lowest BCUT2D eigenvalue weighted by molar-refractivity contribution is -0.121. The molecule has 1 aromatic rings. The van der Waals surface area contributed by atoms with Crippen LogP contribution in [0.3, 0.4) is 0 Å². The van der Waals surface area contributed by atoms with Gasteiger partial charge in [-0.05, 0) is 11.6 Å². The van der Waals surface area contributed by atoms with Gasteiger partial charge >= 0.3 is 0 Å². The standard InChI is InChI=1S/C12H13NO2/c1-15-12(8-7-11(14)13-12)9-10-5-3-2-4-6-10/h2-8H,9H2,1H3,(H,13,14). The maximum absolute atomic E-state index is 11.1. The Morgan fingerprint density at radius 2 is 2.07 bits per heavy atom. The Bertz CT molecular complexity index is 386. The van der Waals surface area contributed by atoms with Crippen molar-refractivity contribution in [3.05, 3.63) is 48.0 Å². The second-order valence-corrected chi connectivity index (χ2v) is 3.58. The second kappa shape index (κ2) is 3.87. The molecule has 0 saturated heterocycles. The van der Waals surface area contributed by atoms with Crippen molar-refractivity contribution < 1.29 is 9.53 Å². The van der Waals surface area contributed by atoms with Gasteiger partial charge in [0, 0.05) is 19.6 Å². The molecule has 2 rings (SSSR count). The zero-order chi connectivity index (χ0) is 10.7. The van der Waals surface area contributed by atoms with Gasteiger partial charge in [0.1, 0.15) is 0 Å². The molecule has 15 heavy (non-hydrogen) atoms. The minimum Gasteiger partial charge on any atom is -0.355 e. The first-order chi connectivity index (χ1) is 7.24. The van der Waals surface area contributed by atoms with Crippen LogP contribution in [-0.4, -0.2) is 18.7 Å². The molecule has 0 saturated carbocycles. The molecule has 1 heterocycles. The number of benzene rings is 1. The number of nitrogens with one attached hydrogen (secondary N) is 1. The summed E-state index contributed by atoms with van der Waals surface area (Å²) in [6, 6.07) is 9.93. The molecule has 1 unspecified atom stereocenters. The smallest absolute Gasteiger partial charge is 0.246 e. The van der Waals surface area contributed by atoms with E-state index in [0.29, 0.717) is 6.42 Å². The lowest BCUT2D eigenvalue weighted by Gasteiger charge is -2.26. The average Bonchev–Trinajstić information content (AvgIpc) is 2.62. The summed E-state index contributed by atoms with van der Waals surface area (Å²) in [4.78, 5) is 11.1. The fourth-order valence-electron chi connectivity index (χ4n) is 1.70. The first-order valence-electron chi connectivity index (χ1n) is 4.84. The van der Waals surface area contributed by atoms with Crippen LogP contribution in [0.15, 0.2) is 42.5 Å². The molecular weight excluding hydrogens is 190 g/mol. The number of carbonyl (C=O) groups is 1. The zero-order valence-corrected chi connectivity index (χ0v) is 8.57. The summed E-state index contributed by atoms with van der Waals surface area (Å²) in [5.41, 5.74) is 0.463. The molecule has 0 spiro atoms. The molecule has 1 aliphatic rings. The Kier molecular flexibility index (Phi) is 2.56. The Morgan fingerprint density at radius 3 is 2.60 bits per heavy atom. The molecule has 1 N–H and O–H groups in total. The molecule has 0 aliphatic carbocycles. The summed E-state index contributed by atoms with van der Waals surface area (Å²) in [6.07, 6.45) is 3.92. The van der Waals surface area contributed by atoms with Gasteiger partial charge in [-0.3, -0.25) is 4.79 Å². The molecule has 0 aromatic heterocycles. The van der Waals surface area contributed by atoms with Crippen molar-refractivity contribution >= 4 is 5.91 Å². The lowest BCUT2D eigenvalue weighted by Crippen LogP contribution is -2.45. The number of ether oxygens (including phenoxy) is 1. The third kappa shape index (κ3) is 2.07. The fraction of sp³-hybridized carbons (Fsp3) is 0.250. The van der Waals surface area contributed by atoms with E-state index in [9.17, 15) is 4.79 Å². The molecule has 1 aliphatic heterocycles. The number of rotatable bonds is 3. The van der Waals surface area contributed by atoms with Crippen LogP contribution in [-0.2, 0) is 16.0 Å². The predicted octanol–water partition coefficient (Wildman–Crippen LogP) is 1.26. The average molecular weight is 203 g/mol. The van der Waals surface area contributed by atoms with Gasteiger partial charge in [0.25, 0.3) is 0 Å². The molecule has 0 radical (unpaired) electrons. The van der Waals surface area contributed by atoms with E-state index < -0.39 is 5.72 Å². The Labute approximate surface area is 88.8 Å². The molecule has 78 valence electrons. The minimum atomic E-state index is -0.668. The summed E-state index contributed by atoms with van der Waals surface area (Å²) < 4.78 is 5.35. The van der Waals surface area contributed by atoms with Gasteiger partial charge in [-0.15, -0.1) is 0 Å². The number of carbonyl (C=O) groups excluding carboxylic acids is 1. The van der Waals surface area contributed by atoms with Crippen molar-refractivity contribution in [2.24, 2.45) is 0 Å². The normalized spacial score (nSPS) is 24.2. The van der Waals surface area contributed by atoms with Crippen LogP contribution in [0.25, 0.3) is 0 Å². The maximum atomic E-state index is 11.1. The number of hydrogen-bond acceptors (Lipinski definition) is 2. The van der Waals surface area contributed by atoms with Gasteiger partial charge in [0.2, 0.25) is 5.91 Å². The van der Waals surface area contributed by atoms with E-state index in [0.717, 1.165) is 5.56 Å². The fourth-order valence-corrected chi connectivity index (χ4v) is 1.70. The van der Waals surface area contributed by atoms with Crippen LogP contribution in [0.2, 0.25) is 0 Å². The van der Waals surface area contributed by atoms with E-state index in [2.05, 4.69) is 5.32 Å². The lowest BCUT2D eigenvalue weighted by atomic mass is 10.0.